The van der Waals surface area contributed by atoms with Gasteiger partial charge in [0.2, 0.25) is 5.91 Å². The van der Waals surface area contributed by atoms with E-state index in [1.165, 1.54) is 42.5 Å². The van der Waals surface area contributed by atoms with Gasteiger partial charge in [-0.1, -0.05) is 30.3 Å². The fourth-order valence-electron chi connectivity index (χ4n) is 3.02. The third-order valence-corrected chi connectivity index (χ3v) is 4.51. The van der Waals surface area contributed by atoms with Crippen LogP contribution < -0.4 is 10.6 Å². The van der Waals surface area contributed by atoms with Gasteiger partial charge in [-0.2, -0.15) is 13.2 Å². The van der Waals surface area contributed by atoms with Crippen molar-refractivity contribution in [2.24, 2.45) is 0 Å². The number of nitro groups is 1. The SMILES string of the molecule is O=C(Cc1ccccc1[N+](=O)[O-])Nc1ccc(NC(=O)c2ccccc2F)cc1C(F)(F)F. The predicted octanol–water partition coefficient (Wildman–Crippen LogP) is 5.19. The number of amides is 2. The summed E-state index contributed by atoms with van der Waals surface area (Å²) in [7, 11) is 0. The second kappa shape index (κ2) is 9.47. The Hall–Kier alpha value is -4.28. The van der Waals surface area contributed by atoms with Gasteiger partial charge in [-0.05, 0) is 30.3 Å². The molecule has 3 rings (SSSR count). The summed E-state index contributed by atoms with van der Waals surface area (Å²) < 4.78 is 54.5. The van der Waals surface area contributed by atoms with Crippen LogP contribution in [-0.2, 0) is 17.4 Å². The lowest BCUT2D eigenvalue weighted by Gasteiger charge is -2.16. The van der Waals surface area contributed by atoms with E-state index in [-0.39, 0.29) is 22.5 Å². The van der Waals surface area contributed by atoms with Crippen LogP contribution in [0.25, 0.3) is 0 Å². The molecule has 0 aromatic heterocycles. The number of carbonyl (C=O) groups is 2. The summed E-state index contributed by atoms with van der Waals surface area (Å²) in [6, 6.07) is 13.0. The van der Waals surface area contributed by atoms with E-state index in [9.17, 15) is 37.3 Å². The highest BCUT2D eigenvalue weighted by atomic mass is 19.4. The molecule has 2 N–H and O–H groups in total. The highest BCUT2D eigenvalue weighted by molar-refractivity contribution is 6.04. The third kappa shape index (κ3) is 5.70. The van der Waals surface area contributed by atoms with E-state index in [4.69, 9.17) is 0 Å². The first kappa shape index (κ1) is 23.4. The Morgan fingerprint density at radius 1 is 0.939 bits per heavy atom. The summed E-state index contributed by atoms with van der Waals surface area (Å²) in [5.74, 6) is -2.70. The number of rotatable bonds is 6. The number of nitrogens with zero attached hydrogens (tertiary/aromatic N) is 1. The first-order valence-electron chi connectivity index (χ1n) is 9.35. The third-order valence-electron chi connectivity index (χ3n) is 4.51. The zero-order valence-electron chi connectivity index (χ0n) is 16.7. The molecule has 0 spiro atoms. The van der Waals surface area contributed by atoms with Gasteiger partial charge in [0, 0.05) is 17.3 Å². The van der Waals surface area contributed by atoms with Gasteiger partial charge in [0.25, 0.3) is 11.6 Å². The van der Waals surface area contributed by atoms with Crippen molar-refractivity contribution in [3.05, 3.63) is 99.4 Å². The van der Waals surface area contributed by atoms with Gasteiger partial charge in [-0.25, -0.2) is 4.39 Å². The zero-order valence-corrected chi connectivity index (χ0v) is 16.7. The molecular weight excluding hydrogens is 446 g/mol. The molecule has 33 heavy (non-hydrogen) atoms. The number of nitro benzene ring substituents is 1. The van der Waals surface area contributed by atoms with Crippen molar-refractivity contribution in [3.8, 4) is 0 Å². The molecule has 0 aliphatic carbocycles. The summed E-state index contributed by atoms with van der Waals surface area (Å²) >= 11 is 0. The van der Waals surface area contributed by atoms with Crippen molar-refractivity contribution >= 4 is 28.9 Å². The Kier molecular flexibility index (Phi) is 6.71. The number of carbonyl (C=O) groups excluding carboxylic acids is 2. The fraction of sp³-hybridized carbons (Fsp3) is 0.0909. The van der Waals surface area contributed by atoms with E-state index in [1.807, 2.05) is 0 Å². The Morgan fingerprint density at radius 3 is 2.27 bits per heavy atom. The van der Waals surface area contributed by atoms with Crippen molar-refractivity contribution in [1.29, 1.82) is 0 Å². The molecule has 0 atom stereocenters. The molecule has 170 valence electrons. The van der Waals surface area contributed by atoms with Crippen LogP contribution in [0.3, 0.4) is 0 Å². The fourth-order valence-corrected chi connectivity index (χ4v) is 3.02. The zero-order chi connectivity index (χ0) is 24.2. The Labute approximate surface area is 184 Å². The Bertz CT molecular complexity index is 1230. The highest BCUT2D eigenvalue weighted by Crippen LogP contribution is 2.37. The second-order valence-electron chi connectivity index (χ2n) is 6.80. The minimum Gasteiger partial charge on any atom is -0.325 e. The number of anilines is 2. The number of nitrogens with one attached hydrogen (secondary N) is 2. The first-order valence-corrected chi connectivity index (χ1v) is 9.35. The molecule has 0 aliphatic rings. The minimum absolute atomic E-state index is 0.0299. The summed E-state index contributed by atoms with van der Waals surface area (Å²) in [6.07, 6.45) is -5.43. The Balaban J connectivity index is 1.83. The van der Waals surface area contributed by atoms with Gasteiger partial charge in [-0.15, -0.1) is 0 Å². The average Bonchev–Trinajstić information content (AvgIpc) is 2.74. The van der Waals surface area contributed by atoms with Crippen LogP contribution in [0.2, 0.25) is 0 Å². The maximum absolute atomic E-state index is 13.7. The van der Waals surface area contributed by atoms with Crippen molar-refractivity contribution in [2.45, 2.75) is 12.6 Å². The quantitative estimate of drug-likeness (QED) is 0.300. The molecule has 0 bridgehead atoms. The molecule has 0 saturated carbocycles. The summed E-state index contributed by atoms with van der Waals surface area (Å²) in [5.41, 5.74) is -2.79. The predicted molar refractivity (Wildman–Crippen MR) is 111 cm³/mol. The lowest BCUT2D eigenvalue weighted by molar-refractivity contribution is -0.385. The number of benzene rings is 3. The van der Waals surface area contributed by atoms with E-state index in [1.54, 1.807) is 0 Å². The molecule has 3 aromatic carbocycles. The summed E-state index contributed by atoms with van der Waals surface area (Å²) in [5, 5.41) is 15.3. The summed E-state index contributed by atoms with van der Waals surface area (Å²) in [6.45, 7) is 0. The van der Waals surface area contributed by atoms with E-state index >= 15 is 0 Å². The molecule has 11 heteroatoms. The van der Waals surface area contributed by atoms with Crippen LogP contribution in [0.5, 0.6) is 0 Å². The van der Waals surface area contributed by atoms with Crippen LogP contribution in [-0.4, -0.2) is 16.7 Å². The van der Waals surface area contributed by atoms with Crippen LogP contribution in [0.1, 0.15) is 21.5 Å². The van der Waals surface area contributed by atoms with Gasteiger partial charge < -0.3 is 10.6 Å². The minimum atomic E-state index is -4.90. The van der Waals surface area contributed by atoms with E-state index in [2.05, 4.69) is 10.6 Å². The van der Waals surface area contributed by atoms with Crippen LogP contribution in [0.4, 0.5) is 34.6 Å². The average molecular weight is 461 g/mol. The second-order valence-corrected chi connectivity index (χ2v) is 6.80. The number of para-hydroxylation sites is 1. The van der Waals surface area contributed by atoms with Gasteiger partial charge in [-0.3, -0.25) is 19.7 Å². The van der Waals surface area contributed by atoms with Gasteiger partial charge in [0.05, 0.1) is 28.2 Å². The molecular formula is C22H15F4N3O4. The normalized spacial score (nSPS) is 11.0. The van der Waals surface area contributed by atoms with Crippen molar-refractivity contribution in [2.75, 3.05) is 10.6 Å². The standard InChI is InChI=1S/C22H15F4N3O4/c23-17-7-3-2-6-15(17)21(31)27-14-9-10-18(16(12-14)22(24,25)26)28-20(30)11-13-5-1-4-8-19(13)29(32)33/h1-10,12H,11H2,(H,27,31)(H,28,30). The molecule has 0 heterocycles. The number of alkyl halides is 3. The lowest BCUT2D eigenvalue weighted by Crippen LogP contribution is -2.19. The van der Waals surface area contributed by atoms with Crippen molar-refractivity contribution < 1.29 is 32.1 Å². The van der Waals surface area contributed by atoms with Gasteiger partial charge in [0.1, 0.15) is 5.82 Å². The maximum Gasteiger partial charge on any atom is 0.418 e. The maximum atomic E-state index is 13.7. The summed E-state index contributed by atoms with van der Waals surface area (Å²) in [4.78, 5) is 34.9. The highest BCUT2D eigenvalue weighted by Gasteiger charge is 2.34. The van der Waals surface area contributed by atoms with E-state index in [0.29, 0.717) is 6.07 Å². The molecule has 0 fully saturated rings. The lowest BCUT2D eigenvalue weighted by atomic mass is 10.1. The molecule has 2 amide bonds. The molecule has 3 aromatic rings. The molecule has 7 nitrogen and oxygen atoms in total. The number of halogens is 4. The van der Waals surface area contributed by atoms with Gasteiger partial charge >= 0.3 is 6.18 Å². The van der Waals surface area contributed by atoms with Gasteiger partial charge in [0.15, 0.2) is 0 Å². The smallest absolute Gasteiger partial charge is 0.325 e. The monoisotopic (exact) mass is 461 g/mol. The largest absolute Gasteiger partial charge is 0.418 e. The van der Waals surface area contributed by atoms with Crippen LogP contribution >= 0.6 is 0 Å². The van der Waals surface area contributed by atoms with E-state index < -0.39 is 46.4 Å². The van der Waals surface area contributed by atoms with E-state index in [0.717, 1.165) is 18.2 Å². The topological polar surface area (TPSA) is 101 Å². The van der Waals surface area contributed by atoms with Crippen molar-refractivity contribution in [1.82, 2.24) is 0 Å². The Morgan fingerprint density at radius 2 is 1.61 bits per heavy atom. The first-order chi connectivity index (χ1) is 15.6. The number of hydrogen-bond acceptors (Lipinski definition) is 4. The molecule has 0 aliphatic heterocycles. The van der Waals surface area contributed by atoms with Crippen molar-refractivity contribution in [3.63, 3.8) is 0 Å². The molecule has 0 saturated heterocycles. The molecule has 0 unspecified atom stereocenters. The van der Waals surface area contributed by atoms with Crippen LogP contribution in [0, 0.1) is 15.9 Å². The number of hydrogen-bond donors (Lipinski definition) is 2. The van der Waals surface area contributed by atoms with Crippen LogP contribution in [0.15, 0.2) is 66.7 Å². The molecule has 0 radical (unpaired) electrons.